The van der Waals surface area contributed by atoms with Crippen LogP contribution in [-0.4, -0.2) is 16.6 Å². The highest BCUT2D eigenvalue weighted by Gasteiger charge is 2.31. The van der Waals surface area contributed by atoms with E-state index in [2.05, 4.69) is 14.9 Å². The quantitative estimate of drug-likeness (QED) is 0.851. The average Bonchev–Trinajstić information content (AvgIpc) is 2.62. The van der Waals surface area contributed by atoms with Crippen molar-refractivity contribution in [2.45, 2.75) is 6.36 Å². The minimum absolute atomic E-state index is 0.286. The third-order valence-electron chi connectivity index (χ3n) is 2.05. The molecular formula is C10H8F3N3O. The molecule has 1 aromatic carbocycles. The van der Waals surface area contributed by atoms with Crippen LogP contribution in [0.1, 0.15) is 0 Å². The summed E-state index contributed by atoms with van der Waals surface area (Å²) in [5.74, 6) is -0.00948. The lowest BCUT2D eigenvalue weighted by molar-refractivity contribution is -0.274. The van der Waals surface area contributed by atoms with Gasteiger partial charge in [0.2, 0.25) is 0 Å². The van der Waals surface area contributed by atoms with Gasteiger partial charge in [0.1, 0.15) is 11.6 Å². The fourth-order valence-electron chi connectivity index (χ4n) is 1.39. The summed E-state index contributed by atoms with van der Waals surface area (Å²) in [5.41, 5.74) is 6.59. The minimum Gasteiger partial charge on any atom is -0.406 e. The second-order valence-electron chi connectivity index (χ2n) is 3.27. The number of rotatable bonds is 2. The molecule has 4 nitrogen and oxygen atoms in total. The number of benzene rings is 1. The summed E-state index contributed by atoms with van der Waals surface area (Å²) in [6.07, 6.45) is -3.28. The third kappa shape index (κ3) is 2.68. The molecule has 0 saturated heterocycles. The van der Waals surface area contributed by atoms with Gasteiger partial charge in [0, 0.05) is 5.56 Å². The van der Waals surface area contributed by atoms with Gasteiger partial charge >= 0.3 is 6.36 Å². The number of alkyl halides is 3. The van der Waals surface area contributed by atoms with Crippen LogP contribution in [0.5, 0.6) is 5.75 Å². The molecule has 90 valence electrons. The summed E-state index contributed by atoms with van der Waals surface area (Å²) in [6, 6.07) is 5.52. The number of ether oxygens (including phenoxy) is 1. The maximum absolute atomic E-state index is 12.0. The van der Waals surface area contributed by atoms with Crippen molar-refractivity contribution in [3.63, 3.8) is 0 Å². The number of hydrogen-bond acceptors (Lipinski definition) is 3. The largest absolute Gasteiger partial charge is 0.573 e. The molecule has 2 aromatic rings. The molecule has 0 saturated carbocycles. The number of nitrogen functional groups attached to an aromatic ring is 1. The Hall–Kier alpha value is -2.18. The van der Waals surface area contributed by atoms with Crippen molar-refractivity contribution in [3.05, 3.63) is 30.5 Å². The molecule has 0 bridgehead atoms. The van der Waals surface area contributed by atoms with Gasteiger partial charge in [0.15, 0.2) is 0 Å². The summed E-state index contributed by atoms with van der Waals surface area (Å²) in [6.45, 7) is 0. The monoisotopic (exact) mass is 243 g/mol. The fraction of sp³-hybridized carbons (Fsp3) is 0.100. The zero-order valence-corrected chi connectivity index (χ0v) is 8.45. The molecule has 0 aliphatic rings. The number of nitrogens with one attached hydrogen (secondary N) is 1. The van der Waals surface area contributed by atoms with Crippen LogP contribution in [0, 0.1) is 0 Å². The molecule has 0 unspecified atom stereocenters. The van der Waals surface area contributed by atoms with E-state index < -0.39 is 6.36 Å². The first-order valence-electron chi connectivity index (χ1n) is 4.61. The van der Waals surface area contributed by atoms with Gasteiger partial charge in [-0.15, -0.1) is 13.2 Å². The molecule has 0 aliphatic heterocycles. The summed E-state index contributed by atoms with van der Waals surface area (Å²) in [5, 5.41) is 6.19. The third-order valence-corrected chi connectivity index (χ3v) is 2.05. The van der Waals surface area contributed by atoms with Crippen LogP contribution in [0.2, 0.25) is 0 Å². The van der Waals surface area contributed by atoms with E-state index >= 15 is 0 Å². The lowest BCUT2D eigenvalue weighted by atomic mass is 10.1. The van der Waals surface area contributed by atoms with Crippen molar-refractivity contribution in [2.75, 3.05) is 5.73 Å². The molecule has 17 heavy (non-hydrogen) atoms. The Bertz CT molecular complexity index is 522. The molecule has 0 aliphatic carbocycles. The maximum Gasteiger partial charge on any atom is 0.573 e. The molecule has 0 fully saturated rings. The molecule has 0 spiro atoms. The lowest BCUT2D eigenvalue weighted by Gasteiger charge is -2.09. The smallest absolute Gasteiger partial charge is 0.406 e. The van der Waals surface area contributed by atoms with Crippen molar-refractivity contribution in [2.24, 2.45) is 0 Å². The first kappa shape index (κ1) is 11.3. The van der Waals surface area contributed by atoms with Crippen LogP contribution in [0.15, 0.2) is 30.5 Å². The Morgan fingerprint density at radius 1 is 1.29 bits per heavy atom. The number of anilines is 1. The zero-order chi connectivity index (χ0) is 12.5. The first-order valence-corrected chi connectivity index (χ1v) is 4.61. The number of aromatic amines is 1. The minimum atomic E-state index is -4.71. The molecule has 3 N–H and O–H groups in total. The van der Waals surface area contributed by atoms with E-state index in [0.717, 1.165) is 0 Å². The van der Waals surface area contributed by atoms with E-state index in [4.69, 9.17) is 5.73 Å². The molecule has 1 aromatic heterocycles. The summed E-state index contributed by atoms with van der Waals surface area (Å²) < 4.78 is 39.9. The van der Waals surface area contributed by atoms with E-state index in [1.54, 1.807) is 6.07 Å². The number of H-pyrrole nitrogens is 1. The molecule has 7 heteroatoms. The predicted molar refractivity (Wildman–Crippen MR) is 55.1 cm³/mol. The van der Waals surface area contributed by atoms with E-state index in [0.29, 0.717) is 11.1 Å². The molecule has 0 amide bonds. The second kappa shape index (κ2) is 4.00. The van der Waals surface area contributed by atoms with Gasteiger partial charge < -0.3 is 10.5 Å². The van der Waals surface area contributed by atoms with E-state index in [1.165, 1.54) is 24.4 Å². The van der Waals surface area contributed by atoms with E-state index in [1.807, 2.05) is 0 Å². The van der Waals surface area contributed by atoms with Crippen LogP contribution in [0.25, 0.3) is 11.1 Å². The zero-order valence-electron chi connectivity index (χ0n) is 8.45. The second-order valence-corrected chi connectivity index (χ2v) is 3.27. The molecule has 0 atom stereocenters. The van der Waals surface area contributed by atoms with Crippen molar-refractivity contribution >= 4 is 5.82 Å². The topological polar surface area (TPSA) is 63.9 Å². The summed E-state index contributed by atoms with van der Waals surface area (Å²) in [4.78, 5) is 0. The number of nitrogens with zero attached hydrogens (tertiary/aromatic N) is 1. The van der Waals surface area contributed by atoms with E-state index in [9.17, 15) is 13.2 Å². The van der Waals surface area contributed by atoms with E-state index in [-0.39, 0.29) is 11.6 Å². The normalized spacial score (nSPS) is 11.5. The van der Waals surface area contributed by atoms with Crippen molar-refractivity contribution in [1.29, 1.82) is 0 Å². The van der Waals surface area contributed by atoms with Gasteiger partial charge in [-0.25, -0.2) is 0 Å². The number of aromatic nitrogens is 2. The Labute approximate surface area is 94.2 Å². The van der Waals surface area contributed by atoms with Crippen molar-refractivity contribution < 1.29 is 17.9 Å². The number of nitrogens with two attached hydrogens (primary N) is 1. The van der Waals surface area contributed by atoms with Gasteiger partial charge in [-0.1, -0.05) is 12.1 Å². The van der Waals surface area contributed by atoms with Crippen LogP contribution in [0.3, 0.4) is 0 Å². The number of halogens is 3. The lowest BCUT2D eigenvalue weighted by Crippen LogP contribution is -2.17. The van der Waals surface area contributed by atoms with Gasteiger partial charge in [0.25, 0.3) is 0 Å². The van der Waals surface area contributed by atoms with Crippen molar-refractivity contribution in [1.82, 2.24) is 10.2 Å². The Morgan fingerprint density at radius 2 is 2.06 bits per heavy atom. The van der Waals surface area contributed by atoms with Gasteiger partial charge in [-0.05, 0) is 17.7 Å². The van der Waals surface area contributed by atoms with Crippen LogP contribution < -0.4 is 10.5 Å². The molecular weight excluding hydrogens is 235 g/mol. The Balaban J connectivity index is 2.32. The van der Waals surface area contributed by atoms with Crippen molar-refractivity contribution in [3.8, 4) is 16.9 Å². The molecule has 0 radical (unpaired) electrons. The Morgan fingerprint density at radius 3 is 2.65 bits per heavy atom. The molecule has 1 heterocycles. The highest BCUT2D eigenvalue weighted by Crippen LogP contribution is 2.29. The van der Waals surface area contributed by atoms with Gasteiger partial charge in [0.05, 0.1) is 6.20 Å². The Kier molecular flexibility index (Phi) is 2.66. The van der Waals surface area contributed by atoms with Gasteiger partial charge in [-0.2, -0.15) is 5.10 Å². The summed E-state index contributed by atoms with van der Waals surface area (Å²) >= 11 is 0. The van der Waals surface area contributed by atoms with Gasteiger partial charge in [-0.3, -0.25) is 5.10 Å². The number of hydrogen-bond donors (Lipinski definition) is 2. The predicted octanol–water partition coefficient (Wildman–Crippen LogP) is 2.56. The highest BCUT2D eigenvalue weighted by atomic mass is 19.4. The highest BCUT2D eigenvalue weighted by molar-refractivity contribution is 5.73. The standard InChI is InChI=1S/C10H8F3N3O/c11-10(12,13)17-7-3-1-2-6(4-7)8-5-15-16-9(8)14/h1-5H,(H3,14,15,16). The SMILES string of the molecule is Nc1[nH]ncc1-c1cccc(OC(F)(F)F)c1. The first-order chi connectivity index (χ1) is 7.96. The fourth-order valence-corrected chi connectivity index (χ4v) is 1.39. The van der Waals surface area contributed by atoms with Crippen LogP contribution >= 0.6 is 0 Å². The average molecular weight is 243 g/mol. The summed E-state index contributed by atoms with van der Waals surface area (Å²) in [7, 11) is 0. The molecule has 2 rings (SSSR count). The maximum atomic E-state index is 12.0. The van der Waals surface area contributed by atoms with Crippen LogP contribution in [0.4, 0.5) is 19.0 Å². The van der Waals surface area contributed by atoms with Crippen LogP contribution in [-0.2, 0) is 0 Å².